The number of para-hydroxylation sites is 1. The lowest BCUT2D eigenvalue weighted by Crippen LogP contribution is -2.12. The van der Waals surface area contributed by atoms with E-state index in [-0.39, 0.29) is 11.7 Å². The predicted octanol–water partition coefficient (Wildman–Crippen LogP) is 4.93. The van der Waals surface area contributed by atoms with Crippen molar-refractivity contribution < 1.29 is 18.1 Å². The second-order valence-electron chi connectivity index (χ2n) is 5.94. The number of hydrogen-bond donors (Lipinski definition) is 1. The quantitative estimate of drug-likeness (QED) is 0.547. The van der Waals surface area contributed by atoms with Gasteiger partial charge in [-0.05, 0) is 60.7 Å². The lowest BCUT2D eigenvalue weighted by atomic mass is 10.1. The molecule has 0 bridgehead atoms. The monoisotopic (exact) mass is 377 g/mol. The minimum absolute atomic E-state index is 0.203. The van der Waals surface area contributed by atoms with Crippen LogP contribution in [0.5, 0.6) is 0 Å². The van der Waals surface area contributed by atoms with E-state index in [4.69, 9.17) is 4.52 Å². The molecule has 0 atom stereocenters. The van der Waals surface area contributed by atoms with Gasteiger partial charge in [-0.3, -0.25) is 4.79 Å². The van der Waals surface area contributed by atoms with Gasteiger partial charge in [0.25, 0.3) is 11.8 Å². The van der Waals surface area contributed by atoms with E-state index in [1.54, 1.807) is 36.4 Å². The number of nitrogens with zero attached hydrogens (tertiary/aromatic N) is 2. The van der Waals surface area contributed by atoms with E-state index in [1.807, 2.05) is 0 Å². The van der Waals surface area contributed by atoms with Crippen molar-refractivity contribution in [1.82, 2.24) is 10.1 Å². The topological polar surface area (TPSA) is 68.0 Å². The van der Waals surface area contributed by atoms with Crippen LogP contribution in [-0.2, 0) is 0 Å². The van der Waals surface area contributed by atoms with Crippen molar-refractivity contribution in [1.29, 1.82) is 0 Å². The summed E-state index contributed by atoms with van der Waals surface area (Å²) < 4.78 is 31.5. The van der Waals surface area contributed by atoms with Crippen molar-refractivity contribution in [3.63, 3.8) is 0 Å². The number of aromatic nitrogens is 2. The Kier molecular flexibility index (Phi) is 4.63. The number of benzene rings is 3. The number of nitrogens with one attached hydrogen (secondary N) is 1. The fourth-order valence-electron chi connectivity index (χ4n) is 2.62. The smallest absolute Gasteiger partial charge is 0.260 e. The van der Waals surface area contributed by atoms with Gasteiger partial charge in [0.05, 0.1) is 11.3 Å². The fraction of sp³-hybridized carbons (Fsp3) is 0. The van der Waals surface area contributed by atoms with E-state index in [9.17, 15) is 13.6 Å². The summed E-state index contributed by atoms with van der Waals surface area (Å²) in [6.07, 6.45) is 0. The second kappa shape index (κ2) is 7.40. The van der Waals surface area contributed by atoms with E-state index >= 15 is 0 Å². The average molecular weight is 377 g/mol. The Labute approximate surface area is 158 Å². The highest BCUT2D eigenvalue weighted by Gasteiger charge is 2.16. The summed E-state index contributed by atoms with van der Waals surface area (Å²) in [4.78, 5) is 16.8. The second-order valence-corrected chi connectivity index (χ2v) is 5.94. The van der Waals surface area contributed by atoms with Gasteiger partial charge in [0.15, 0.2) is 0 Å². The number of halogens is 2. The highest BCUT2D eigenvalue weighted by Crippen LogP contribution is 2.29. The lowest BCUT2D eigenvalue weighted by Gasteiger charge is -2.08. The molecule has 0 aliphatic rings. The normalized spacial score (nSPS) is 10.6. The molecule has 1 amide bonds. The molecule has 0 spiro atoms. The van der Waals surface area contributed by atoms with Gasteiger partial charge in [-0.15, -0.1) is 0 Å². The molecule has 0 radical (unpaired) electrons. The molecule has 4 aromatic rings. The molecular weight excluding hydrogens is 364 g/mol. The summed E-state index contributed by atoms with van der Waals surface area (Å²) >= 11 is 0. The molecule has 28 heavy (non-hydrogen) atoms. The molecule has 0 aliphatic carbocycles. The molecule has 7 heteroatoms. The van der Waals surface area contributed by atoms with Gasteiger partial charge in [-0.2, -0.15) is 4.98 Å². The van der Waals surface area contributed by atoms with Gasteiger partial charge >= 0.3 is 0 Å². The predicted molar refractivity (Wildman–Crippen MR) is 99.5 cm³/mol. The van der Waals surface area contributed by atoms with Crippen LogP contribution in [0.3, 0.4) is 0 Å². The Hall–Kier alpha value is -3.87. The van der Waals surface area contributed by atoms with Crippen molar-refractivity contribution in [3.8, 4) is 22.8 Å². The minimum atomic E-state index is -0.420. The summed E-state index contributed by atoms with van der Waals surface area (Å²) in [5.74, 6) is -0.674. The Morgan fingerprint density at radius 3 is 2.21 bits per heavy atom. The molecule has 1 heterocycles. The molecule has 1 N–H and O–H groups in total. The van der Waals surface area contributed by atoms with Crippen molar-refractivity contribution in [2.24, 2.45) is 0 Å². The molecule has 0 saturated heterocycles. The van der Waals surface area contributed by atoms with Crippen LogP contribution in [0.4, 0.5) is 14.5 Å². The maximum Gasteiger partial charge on any atom is 0.260 e. The van der Waals surface area contributed by atoms with Crippen molar-refractivity contribution in [2.45, 2.75) is 0 Å². The number of carbonyl (C=O) groups excluding carboxylic acids is 1. The van der Waals surface area contributed by atoms with Gasteiger partial charge in [0.1, 0.15) is 11.6 Å². The zero-order valence-electron chi connectivity index (χ0n) is 14.4. The number of hydrogen-bond acceptors (Lipinski definition) is 4. The van der Waals surface area contributed by atoms with E-state index < -0.39 is 11.7 Å². The number of carbonyl (C=O) groups is 1. The van der Waals surface area contributed by atoms with Gasteiger partial charge in [0, 0.05) is 11.1 Å². The van der Waals surface area contributed by atoms with Crippen LogP contribution >= 0.6 is 0 Å². The summed E-state index contributed by atoms with van der Waals surface area (Å²) in [6.45, 7) is 0. The van der Waals surface area contributed by atoms with E-state index in [0.29, 0.717) is 28.2 Å². The standard InChI is InChI=1S/C21H13F2N3O2/c22-15-9-5-13(6-10-15)19-25-21(28-26-19)17-3-1-2-4-18(17)24-20(27)14-7-11-16(23)12-8-14/h1-12H,(H,24,27). The largest absolute Gasteiger partial charge is 0.334 e. The zero-order chi connectivity index (χ0) is 19.5. The Morgan fingerprint density at radius 2 is 1.50 bits per heavy atom. The molecule has 138 valence electrons. The molecular formula is C21H13F2N3O2. The van der Waals surface area contributed by atoms with Gasteiger partial charge in [0.2, 0.25) is 5.82 Å². The molecule has 3 aromatic carbocycles. The SMILES string of the molecule is O=C(Nc1ccccc1-c1nc(-c2ccc(F)cc2)no1)c1ccc(F)cc1. The van der Waals surface area contributed by atoms with Crippen molar-refractivity contribution in [3.05, 3.63) is 90.0 Å². The molecule has 0 unspecified atom stereocenters. The first-order valence-corrected chi connectivity index (χ1v) is 8.36. The zero-order valence-corrected chi connectivity index (χ0v) is 14.4. The Morgan fingerprint density at radius 1 is 0.857 bits per heavy atom. The van der Waals surface area contributed by atoms with E-state index in [2.05, 4.69) is 15.5 Å². The van der Waals surface area contributed by atoms with Crippen LogP contribution in [0.2, 0.25) is 0 Å². The molecule has 0 fully saturated rings. The molecule has 4 rings (SSSR count). The molecule has 0 saturated carbocycles. The summed E-state index contributed by atoms with van der Waals surface area (Å²) in [7, 11) is 0. The lowest BCUT2D eigenvalue weighted by molar-refractivity contribution is 0.102. The van der Waals surface area contributed by atoms with Gasteiger partial charge in [-0.1, -0.05) is 17.3 Å². The van der Waals surface area contributed by atoms with Crippen LogP contribution in [0, 0.1) is 11.6 Å². The highest BCUT2D eigenvalue weighted by molar-refractivity contribution is 6.05. The average Bonchev–Trinajstić information content (AvgIpc) is 3.19. The number of rotatable bonds is 4. The first kappa shape index (κ1) is 17.5. The van der Waals surface area contributed by atoms with Crippen LogP contribution < -0.4 is 5.32 Å². The summed E-state index contributed by atoms with van der Waals surface area (Å²) in [5.41, 5.74) is 1.91. The fourth-order valence-corrected chi connectivity index (χ4v) is 2.62. The first-order valence-electron chi connectivity index (χ1n) is 8.36. The van der Waals surface area contributed by atoms with Crippen LogP contribution in [0.15, 0.2) is 77.3 Å². The van der Waals surface area contributed by atoms with Crippen molar-refractivity contribution >= 4 is 11.6 Å². The third-order valence-corrected chi connectivity index (χ3v) is 4.04. The number of anilines is 1. The van der Waals surface area contributed by atoms with Crippen LogP contribution in [0.1, 0.15) is 10.4 Å². The van der Waals surface area contributed by atoms with E-state index in [1.165, 1.54) is 36.4 Å². The van der Waals surface area contributed by atoms with Gasteiger partial charge < -0.3 is 9.84 Å². The Balaban J connectivity index is 1.62. The van der Waals surface area contributed by atoms with Crippen LogP contribution in [-0.4, -0.2) is 16.0 Å². The van der Waals surface area contributed by atoms with Gasteiger partial charge in [-0.25, -0.2) is 8.78 Å². The molecule has 1 aromatic heterocycles. The first-order chi connectivity index (χ1) is 13.6. The molecule has 0 aliphatic heterocycles. The Bertz CT molecular complexity index is 1120. The third kappa shape index (κ3) is 3.64. The van der Waals surface area contributed by atoms with Crippen LogP contribution in [0.25, 0.3) is 22.8 Å². The maximum absolute atomic E-state index is 13.1. The third-order valence-electron chi connectivity index (χ3n) is 4.04. The summed E-state index contributed by atoms with van der Waals surface area (Å²) in [6, 6.07) is 17.9. The highest BCUT2D eigenvalue weighted by atomic mass is 19.1. The van der Waals surface area contributed by atoms with Crippen molar-refractivity contribution in [2.75, 3.05) is 5.32 Å². The minimum Gasteiger partial charge on any atom is -0.334 e. The maximum atomic E-state index is 13.1. The number of amides is 1. The summed E-state index contributed by atoms with van der Waals surface area (Å²) in [5, 5.41) is 6.68. The van der Waals surface area contributed by atoms with E-state index in [0.717, 1.165) is 0 Å². The molecule has 5 nitrogen and oxygen atoms in total.